The van der Waals surface area contributed by atoms with Gasteiger partial charge in [0.15, 0.2) is 5.82 Å². The van der Waals surface area contributed by atoms with E-state index in [1.54, 1.807) is 30.9 Å². The van der Waals surface area contributed by atoms with E-state index in [2.05, 4.69) is 39.3 Å². The summed E-state index contributed by atoms with van der Waals surface area (Å²) in [5.74, 6) is 0.672. The number of hydrogen-bond donors (Lipinski definition) is 1. The van der Waals surface area contributed by atoms with E-state index in [9.17, 15) is 4.79 Å². The second-order valence-corrected chi connectivity index (χ2v) is 8.53. The van der Waals surface area contributed by atoms with Gasteiger partial charge in [0, 0.05) is 30.2 Å². The second-order valence-electron chi connectivity index (χ2n) is 8.53. The van der Waals surface area contributed by atoms with Crippen LogP contribution in [0.5, 0.6) is 0 Å². The number of hydrogen-bond acceptors (Lipinski definition) is 7. The summed E-state index contributed by atoms with van der Waals surface area (Å²) in [6.45, 7) is 8.35. The first-order valence-electron chi connectivity index (χ1n) is 9.72. The molecular formula is C21H24N6O2. The molecule has 0 radical (unpaired) electrons. The van der Waals surface area contributed by atoms with E-state index in [0.717, 1.165) is 29.8 Å². The van der Waals surface area contributed by atoms with E-state index < -0.39 is 0 Å². The molecule has 8 heteroatoms. The number of nitrogens with zero attached hydrogens (tertiary/aromatic N) is 5. The van der Waals surface area contributed by atoms with Crippen LogP contribution in [-0.4, -0.2) is 31.0 Å². The Bertz CT molecular complexity index is 1030. The molecule has 3 aromatic rings. The molecule has 1 aliphatic carbocycles. The molecule has 1 unspecified atom stereocenters. The lowest BCUT2D eigenvalue weighted by atomic mass is 9.74. The van der Waals surface area contributed by atoms with Gasteiger partial charge in [-0.3, -0.25) is 9.78 Å². The fourth-order valence-corrected chi connectivity index (χ4v) is 3.61. The minimum atomic E-state index is -0.281. The highest BCUT2D eigenvalue weighted by Gasteiger charge is 2.35. The number of aromatic nitrogens is 5. The molecule has 4 rings (SSSR count). The lowest BCUT2D eigenvalue weighted by Gasteiger charge is -2.36. The normalized spacial score (nSPS) is 17.8. The van der Waals surface area contributed by atoms with Gasteiger partial charge >= 0.3 is 0 Å². The van der Waals surface area contributed by atoms with Gasteiger partial charge in [-0.25, -0.2) is 15.0 Å². The summed E-state index contributed by atoms with van der Waals surface area (Å²) in [6, 6.07) is 1.49. The summed E-state index contributed by atoms with van der Waals surface area (Å²) in [4.78, 5) is 30.3. The third-order valence-electron chi connectivity index (χ3n) is 5.12. The number of fused-ring (bicyclic) bond motifs is 1. The maximum Gasteiger partial charge on any atom is 0.290 e. The smallest absolute Gasteiger partial charge is 0.290 e. The van der Waals surface area contributed by atoms with Crippen molar-refractivity contribution in [2.75, 3.05) is 0 Å². The molecule has 150 valence electrons. The molecule has 8 nitrogen and oxygen atoms in total. The fraction of sp³-hybridized carbons (Fsp3) is 0.429. The van der Waals surface area contributed by atoms with Gasteiger partial charge in [0.1, 0.15) is 5.69 Å². The highest BCUT2D eigenvalue weighted by atomic mass is 16.5. The topological polar surface area (TPSA) is 107 Å². The zero-order valence-electron chi connectivity index (χ0n) is 17.0. The molecule has 0 saturated heterocycles. The molecule has 0 fully saturated rings. The Morgan fingerprint density at radius 1 is 1.24 bits per heavy atom. The van der Waals surface area contributed by atoms with Gasteiger partial charge in [-0.2, -0.15) is 0 Å². The van der Waals surface area contributed by atoms with Gasteiger partial charge in [0.2, 0.25) is 5.76 Å². The van der Waals surface area contributed by atoms with Crippen molar-refractivity contribution in [2.24, 2.45) is 5.41 Å². The zero-order chi connectivity index (χ0) is 20.6. The van der Waals surface area contributed by atoms with Gasteiger partial charge < -0.3 is 9.84 Å². The molecule has 1 amide bonds. The van der Waals surface area contributed by atoms with Crippen molar-refractivity contribution in [2.45, 2.75) is 52.5 Å². The lowest BCUT2D eigenvalue weighted by molar-refractivity contribution is 0.0881. The maximum atomic E-state index is 12.8. The molecule has 1 atom stereocenters. The van der Waals surface area contributed by atoms with Crippen molar-refractivity contribution in [3.05, 3.63) is 53.6 Å². The molecule has 3 aromatic heterocycles. The summed E-state index contributed by atoms with van der Waals surface area (Å²) in [7, 11) is 0. The number of carbonyl (C=O) groups excluding carboxylic acids is 1. The number of nitrogens with one attached hydrogen (secondary N) is 1. The van der Waals surface area contributed by atoms with Crippen molar-refractivity contribution >= 4 is 5.91 Å². The predicted octanol–water partition coefficient (Wildman–Crippen LogP) is 3.49. The monoisotopic (exact) mass is 392 g/mol. The lowest BCUT2D eigenvalue weighted by Crippen LogP contribution is -2.37. The molecule has 3 heterocycles. The standard InChI is InChI=1S/C21H24N6O2/c1-12(2)14-7-18(29-27-14)20(28)26-16-9-21(3,4)8-15-13(16)10-24-19(25-15)17-11-22-5-6-23-17/h5-7,10-12,16H,8-9H2,1-4H3,(H,26,28). The first-order chi connectivity index (χ1) is 13.8. The van der Waals surface area contributed by atoms with Gasteiger partial charge in [-0.05, 0) is 24.2 Å². The average Bonchev–Trinajstić information content (AvgIpc) is 3.18. The molecule has 1 N–H and O–H groups in total. The SMILES string of the molecule is CC(C)c1cc(C(=O)NC2CC(C)(C)Cc3nc(-c4cnccn4)ncc32)on1. The Morgan fingerprint density at radius 2 is 2.07 bits per heavy atom. The van der Waals surface area contributed by atoms with Crippen molar-refractivity contribution in [1.82, 2.24) is 30.4 Å². The summed E-state index contributed by atoms with van der Waals surface area (Å²) >= 11 is 0. The Morgan fingerprint density at radius 3 is 2.76 bits per heavy atom. The minimum absolute atomic E-state index is 0.0244. The van der Waals surface area contributed by atoms with Gasteiger partial charge in [-0.15, -0.1) is 0 Å². The van der Waals surface area contributed by atoms with Crippen molar-refractivity contribution < 1.29 is 9.32 Å². The van der Waals surface area contributed by atoms with E-state index in [-0.39, 0.29) is 29.0 Å². The first kappa shape index (κ1) is 19.2. The molecule has 0 bridgehead atoms. The summed E-state index contributed by atoms with van der Waals surface area (Å²) in [6.07, 6.45) is 8.24. The minimum Gasteiger partial charge on any atom is -0.351 e. The Labute approximate surface area is 169 Å². The molecule has 0 spiro atoms. The van der Waals surface area contributed by atoms with Crippen LogP contribution < -0.4 is 5.32 Å². The van der Waals surface area contributed by atoms with E-state index in [4.69, 9.17) is 9.51 Å². The Hall–Kier alpha value is -3.16. The largest absolute Gasteiger partial charge is 0.351 e. The predicted molar refractivity (Wildman–Crippen MR) is 106 cm³/mol. The average molecular weight is 392 g/mol. The van der Waals surface area contributed by atoms with Crippen molar-refractivity contribution in [1.29, 1.82) is 0 Å². The molecule has 0 aliphatic heterocycles. The molecule has 0 saturated carbocycles. The van der Waals surface area contributed by atoms with Crippen LogP contribution in [0.3, 0.4) is 0 Å². The van der Waals surface area contributed by atoms with Crippen LogP contribution in [0.1, 0.15) is 73.6 Å². The van der Waals surface area contributed by atoms with Crippen LogP contribution in [0, 0.1) is 5.41 Å². The first-order valence-corrected chi connectivity index (χ1v) is 9.72. The second kappa shape index (κ2) is 7.35. The quantitative estimate of drug-likeness (QED) is 0.724. The highest BCUT2D eigenvalue weighted by molar-refractivity contribution is 5.91. The van der Waals surface area contributed by atoms with Crippen LogP contribution >= 0.6 is 0 Å². The van der Waals surface area contributed by atoms with Crippen molar-refractivity contribution in [3.8, 4) is 11.5 Å². The Kier molecular flexibility index (Phi) is 4.86. The number of rotatable bonds is 4. The van der Waals surface area contributed by atoms with Gasteiger partial charge in [0.25, 0.3) is 5.91 Å². The molecule has 0 aromatic carbocycles. The molecule has 29 heavy (non-hydrogen) atoms. The third-order valence-corrected chi connectivity index (χ3v) is 5.12. The summed E-state index contributed by atoms with van der Waals surface area (Å²) in [5, 5.41) is 7.05. The van der Waals surface area contributed by atoms with E-state index in [1.807, 2.05) is 13.8 Å². The van der Waals surface area contributed by atoms with Crippen LogP contribution in [-0.2, 0) is 6.42 Å². The van der Waals surface area contributed by atoms with Crippen LogP contribution in [0.4, 0.5) is 0 Å². The zero-order valence-corrected chi connectivity index (χ0v) is 17.0. The van der Waals surface area contributed by atoms with Crippen LogP contribution in [0.2, 0.25) is 0 Å². The third kappa shape index (κ3) is 4.01. The number of carbonyl (C=O) groups is 1. The maximum absolute atomic E-state index is 12.8. The van der Waals surface area contributed by atoms with Gasteiger partial charge in [0.05, 0.1) is 23.6 Å². The molecular weight excluding hydrogens is 368 g/mol. The van der Waals surface area contributed by atoms with Gasteiger partial charge in [-0.1, -0.05) is 32.9 Å². The van der Waals surface area contributed by atoms with E-state index >= 15 is 0 Å². The number of amides is 1. The van der Waals surface area contributed by atoms with Crippen LogP contribution in [0.15, 0.2) is 35.4 Å². The van der Waals surface area contributed by atoms with E-state index in [0.29, 0.717) is 11.5 Å². The Balaban J connectivity index is 1.62. The van der Waals surface area contributed by atoms with E-state index in [1.165, 1.54) is 0 Å². The van der Waals surface area contributed by atoms with Crippen LogP contribution in [0.25, 0.3) is 11.5 Å². The molecule has 1 aliphatic rings. The van der Waals surface area contributed by atoms with Crippen molar-refractivity contribution in [3.63, 3.8) is 0 Å². The fourth-order valence-electron chi connectivity index (χ4n) is 3.61. The highest BCUT2D eigenvalue weighted by Crippen LogP contribution is 2.40. The summed E-state index contributed by atoms with van der Waals surface area (Å²) < 4.78 is 5.24. The summed E-state index contributed by atoms with van der Waals surface area (Å²) in [5.41, 5.74) is 3.21.